The molecule has 1 N–H and O–H groups in total. The number of benzene rings is 1. The molecule has 0 spiro atoms. The molecule has 18 heavy (non-hydrogen) atoms. The molecule has 5 heteroatoms. The summed E-state index contributed by atoms with van der Waals surface area (Å²) in [6.45, 7) is 0. The van der Waals surface area contributed by atoms with Crippen molar-refractivity contribution in [3.05, 3.63) is 62.7 Å². The Kier molecular flexibility index (Phi) is 3.90. The van der Waals surface area contributed by atoms with Gasteiger partial charge >= 0.3 is 5.97 Å². The van der Waals surface area contributed by atoms with Crippen LogP contribution in [-0.4, -0.2) is 16.1 Å². The molecule has 1 aromatic heterocycles. The zero-order valence-electron chi connectivity index (χ0n) is 9.23. The summed E-state index contributed by atoms with van der Waals surface area (Å²) in [5.41, 5.74) is 1.12. The van der Waals surface area contributed by atoms with E-state index < -0.39 is 5.97 Å². The number of carboxylic acid groups (broad SMARTS) is 1. The largest absolute Gasteiger partial charge is 0.478 e. The molecule has 0 fully saturated rings. The van der Waals surface area contributed by atoms with Gasteiger partial charge in [0.05, 0.1) is 5.56 Å². The summed E-state index contributed by atoms with van der Waals surface area (Å²) in [6, 6.07) is 6.29. The van der Waals surface area contributed by atoms with Crippen LogP contribution in [0.4, 0.5) is 4.39 Å². The molecule has 0 saturated heterocycles. The Morgan fingerprint density at radius 3 is 2.78 bits per heavy atom. The van der Waals surface area contributed by atoms with Crippen molar-refractivity contribution >= 4 is 28.6 Å². The first-order valence-corrected chi connectivity index (χ1v) is 6.26. The molecule has 1 heterocycles. The zero-order valence-corrected chi connectivity index (χ0v) is 11.4. The Labute approximate surface area is 117 Å². The first-order chi connectivity index (χ1) is 8.58. The van der Waals surface area contributed by atoms with Gasteiger partial charge < -0.3 is 5.11 Å². The molecule has 0 unspecified atom stereocenters. The number of nitrogens with zero attached hydrogens (tertiary/aromatic N) is 1. The smallest absolute Gasteiger partial charge is 0.336 e. The lowest BCUT2D eigenvalue weighted by Crippen LogP contribution is -2.04. The van der Waals surface area contributed by atoms with Gasteiger partial charge in [-0.3, -0.25) is 4.98 Å². The number of aromatic nitrogens is 1. The second-order valence-corrected chi connectivity index (χ2v) is 5.00. The quantitative estimate of drug-likeness (QED) is 0.859. The molecule has 0 amide bonds. The molecule has 2 aromatic rings. The number of pyridine rings is 1. The van der Waals surface area contributed by atoms with Gasteiger partial charge in [0.2, 0.25) is 0 Å². The minimum absolute atomic E-state index is 0.156. The van der Waals surface area contributed by atoms with Crippen LogP contribution in [0.5, 0.6) is 0 Å². The second-order valence-electron chi connectivity index (χ2n) is 3.75. The van der Waals surface area contributed by atoms with Crippen molar-refractivity contribution in [1.29, 1.82) is 0 Å². The molecule has 0 aliphatic carbocycles. The number of carbonyl (C=O) groups is 1. The van der Waals surface area contributed by atoms with Crippen molar-refractivity contribution < 1.29 is 14.3 Å². The fraction of sp³-hybridized carbons (Fsp3) is 0.0769. The van der Waals surface area contributed by atoms with Gasteiger partial charge in [0.15, 0.2) is 0 Å². The minimum Gasteiger partial charge on any atom is -0.478 e. The summed E-state index contributed by atoms with van der Waals surface area (Å²) in [7, 11) is 0. The van der Waals surface area contributed by atoms with Crippen molar-refractivity contribution in [3.63, 3.8) is 0 Å². The summed E-state index contributed by atoms with van der Waals surface area (Å²) in [4.78, 5) is 14.9. The molecule has 92 valence electrons. The van der Waals surface area contributed by atoms with Crippen LogP contribution in [0, 0.1) is 9.39 Å². The van der Waals surface area contributed by atoms with Crippen LogP contribution in [0.1, 0.15) is 21.5 Å². The number of halogens is 2. The van der Waals surface area contributed by atoms with E-state index in [4.69, 9.17) is 5.11 Å². The zero-order chi connectivity index (χ0) is 13.1. The average Bonchev–Trinajstić information content (AvgIpc) is 2.33. The summed E-state index contributed by atoms with van der Waals surface area (Å²) >= 11 is 2.02. The highest BCUT2D eigenvalue weighted by Crippen LogP contribution is 2.18. The van der Waals surface area contributed by atoms with Crippen molar-refractivity contribution in [2.75, 3.05) is 0 Å². The van der Waals surface area contributed by atoms with Gasteiger partial charge in [0.1, 0.15) is 5.82 Å². The van der Waals surface area contributed by atoms with E-state index in [1.54, 1.807) is 12.1 Å². The number of hydrogen-bond donors (Lipinski definition) is 1. The standard InChI is InChI=1S/C13H9FINO2/c14-12-6-10(15)2-1-8(12)5-9-7-16-4-3-11(9)13(17)18/h1-4,6-7H,5H2,(H,17,18). The van der Waals surface area contributed by atoms with Crippen LogP contribution in [0.2, 0.25) is 0 Å². The highest BCUT2D eigenvalue weighted by atomic mass is 127. The maximum Gasteiger partial charge on any atom is 0.336 e. The third kappa shape index (κ3) is 2.84. The Bertz CT molecular complexity index is 601. The van der Waals surface area contributed by atoms with Crippen LogP contribution in [0.25, 0.3) is 0 Å². The number of rotatable bonds is 3. The van der Waals surface area contributed by atoms with Crippen LogP contribution >= 0.6 is 22.6 Å². The molecule has 0 aliphatic heterocycles. The van der Waals surface area contributed by atoms with Crippen molar-refractivity contribution in [2.24, 2.45) is 0 Å². The van der Waals surface area contributed by atoms with Gasteiger partial charge in [-0.05, 0) is 51.9 Å². The predicted molar refractivity (Wildman–Crippen MR) is 73.1 cm³/mol. The second kappa shape index (κ2) is 5.43. The van der Waals surface area contributed by atoms with E-state index in [9.17, 15) is 9.18 Å². The van der Waals surface area contributed by atoms with E-state index in [0.29, 0.717) is 11.1 Å². The van der Waals surface area contributed by atoms with Crippen LogP contribution in [0.3, 0.4) is 0 Å². The van der Waals surface area contributed by atoms with E-state index in [-0.39, 0.29) is 17.8 Å². The van der Waals surface area contributed by atoms with Crippen LogP contribution < -0.4 is 0 Å². The van der Waals surface area contributed by atoms with E-state index in [0.717, 1.165) is 3.57 Å². The van der Waals surface area contributed by atoms with Crippen LogP contribution in [0.15, 0.2) is 36.7 Å². The van der Waals surface area contributed by atoms with Gasteiger partial charge in [0, 0.05) is 22.4 Å². The van der Waals surface area contributed by atoms with Crippen molar-refractivity contribution in [3.8, 4) is 0 Å². The third-order valence-corrected chi connectivity index (χ3v) is 3.20. The van der Waals surface area contributed by atoms with E-state index in [1.165, 1.54) is 24.5 Å². The summed E-state index contributed by atoms with van der Waals surface area (Å²) < 4.78 is 14.5. The molecule has 0 bridgehead atoms. The monoisotopic (exact) mass is 357 g/mol. The Morgan fingerprint density at radius 1 is 1.33 bits per heavy atom. The normalized spacial score (nSPS) is 10.3. The molecular weight excluding hydrogens is 348 g/mol. The number of hydrogen-bond acceptors (Lipinski definition) is 2. The maximum atomic E-state index is 13.7. The Morgan fingerprint density at radius 2 is 2.11 bits per heavy atom. The molecule has 0 radical (unpaired) electrons. The summed E-state index contributed by atoms with van der Waals surface area (Å²) in [6.07, 6.45) is 3.09. The molecule has 0 atom stereocenters. The van der Waals surface area contributed by atoms with E-state index >= 15 is 0 Å². The molecule has 0 aliphatic rings. The van der Waals surface area contributed by atoms with Crippen molar-refractivity contribution in [2.45, 2.75) is 6.42 Å². The Hall–Kier alpha value is -1.50. The first kappa shape index (κ1) is 12.9. The SMILES string of the molecule is O=C(O)c1ccncc1Cc1ccc(I)cc1F. The van der Waals surface area contributed by atoms with Gasteiger partial charge in [0.25, 0.3) is 0 Å². The Balaban J connectivity index is 2.37. The topological polar surface area (TPSA) is 50.2 Å². The molecule has 1 aromatic carbocycles. The van der Waals surface area contributed by atoms with Crippen LogP contribution in [-0.2, 0) is 6.42 Å². The van der Waals surface area contributed by atoms with Gasteiger partial charge in [-0.25, -0.2) is 9.18 Å². The van der Waals surface area contributed by atoms with Crippen molar-refractivity contribution in [1.82, 2.24) is 4.98 Å². The average molecular weight is 357 g/mol. The number of aromatic carboxylic acids is 1. The highest BCUT2D eigenvalue weighted by Gasteiger charge is 2.12. The van der Waals surface area contributed by atoms with Gasteiger partial charge in [-0.1, -0.05) is 6.07 Å². The van der Waals surface area contributed by atoms with E-state index in [2.05, 4.69) is 4.98 Å². The highest BCUT2D eigenvalue weighted by molar-refractivity contribution is 14.1. The fourth-order valence-corrected chi connectivity index (χ4v) is 2.10. The fourth-order valence-electron chi connectivity index (χ4n) is 1.65. The molecule has 0 saturated carbocycles. The van der Waals surface area contributed by atoms with Gasteiger partial charge in [-0.15, -0.1) is 0 Å². The lowest BCUT2D eigenvalue weighted by molar-refractivity contribution is 0.0695. The van der Waals surface area contributed by atoms with E-state index in [1.807, 2.05) is 22.6 Å². The summed E-state index contributed by atoms with van der Waals surface area (Å²) in [5, 5.41) is 9.03. The van der Waals surface area contributed by atoms with Gasteiger partial charge in [-0.2, -0.15) is 0 Å². The summed E-state index contributed by atoms with van der Waals surface area (Å²) in [5.74, 6) is -1.36. The minimum atomic E-state index is -1.03. The third-order valence-electron chi connectivity index (χ3n) is 2.53. The number of carboxylic acids is 1. The lowest BCUT2D eigenvalue weighted by Gasteiger charge is -2.06. The lowest BCUT2D eigenvalue weighted by atomic mass is 10.0. The first-order valence-electron chi connectivity index (χ1n) is 5.18. The molecule has 2 rings (SSSR count). The molecule has 3 nitrogen and oxygen atoms in total. The molecular formula is C13H9FINO2. The predicted octanol–water partition coefficient (Wildman–Crippen LogP) is 3.11. The maximum absolute atomic E-state index is 13.7.